The quantitative estimate of drug-likeness (QED) is 0.686. The summed E-state index contributed by atoms with van der Waals surface area (Å²) in [6, 6.07) is 0. The van der Waals surface area contributed by atoms with Crippen LogP contribution in [0.2, 0.25) is 0 Å². The first-order valence-electron chi connectivity index (χ1n) is 6.17. The van der Waals surface area contributed by atoms with Gasteiger partial charge in [-0.1, -0.05) is 11.3 Å². The number of fused-ring (bicyclic) bond motifs is 1. The number of nitrogens with zero attached hydrogens (tertiary/aromatic N) is 3. The van der Waals surface area contributed by atoms with Crippen LogP contribution in [-0.4, -0.2) is 34.1 Å². The Morgan fingerprint density at radius 2 is 2.58 bits per heavy atom. The number of aromatic nitrogens is 2. The second-order valence-electron chi connectivity index (χ2n) is 4.56. The highest BCUT2D eigenvalue weighted by molar-refractivity contribution is 7.15. The van der Waals surface area contributed by atoms with Crippen molar-refractivity contribution in [3.63, 3.8) is 0 Å². The number of imidazole rings is 1. The van der Waals surface area contributed by atoms with E-state index in [2.05, 4.69) is 10.3 Å². The maximum Gasteiger partial charge on any atom is 0.372 e. The standard InChI is InChI=1S/C11H14N4O3S/c16-15(17)10-9(13-11-14(10)3-5-19-11)12-6-8-2-1-4-18-7-8/h3,5,8,12H,1-2,4,6-7H2. The van der Waals surface area contributed by atoms with E-state index in [1.54, 1.807) is 11.6 Å². The summed E-state index contributed by atoms with van der Waals surface area (Å²) < 4.78 is 6.90. The second kappa shape index (κ2) is 5.14. The van der Waals surface area contributed by atoms with Crippen molar-refractivity contribution in [2.24, 2.45) is 5.92 Å². The van der Waals surface area contributed by atoms with Crippen molar-refractivity contribution < 1.29 is 9.66 Å². The lowest BCUT2D eigenvalue weighted by Crippen LogP contribution is -2.24. The SMILES string of the molecule is O=[N+]([O-])c1c(NCC2CCCOC2)nc2sccn12. The van der Waals surface area contributed by atoms with Crippen LogP contribution in [-0.2, 0) is 4.74 Å². The van der Waals surface area contributed by atoms with Crippen LogP contribution in [0.3, 0.4) is 0 Å². The van der Waals surface area contributed by atoms with Crippen LogP contribution < -0.4 is 5.32 Å². The molecule has 0 spiro atoms. The number of nitrogens with one attached hydrogen (secondary N) is 1. The highest BCUT2D eigenvalue weighted by atomic mass is 32.1. The molecule has 1 saturated heterocycles. The molecule has 2 aromatic rings. The molecule has 3 heterocycles. The first-order valence-corrected chi connectivity index (χ1v) is 7.05. The molecule has 1 fully saturated rings. The third-order valence-electron chi connectivity index (χ3n) is 3.22. The van der Waals surface area contributed by atoms with Crippen molar-refractivity contribution in [2.75, 3.05) is 25.1 Å². The monoisotopic (exact) mass is 282 g/mol. The summed E-state index contributed by atoms with van der Waals surface area (Å²) in [6.45, 7) is 2.19. The summed E-state index contributed by atoms with van der Waals surface area (Å²) >= 11 is 1.38. The zero-order valence-corrected chi connectivity index (χ0v) is 11.1. The van der Waals surface area contributed by atoms with E-state index in [1.165, 1.54) is 15.7 Å². The van der Waals surface area contributed by atoms with Gasteiger partial charge in [-0.25, -0.2) is 0 Å². The largest absolute Gasteiger partial charge is 0.381 e. The van der Waals surface area contributed by atoms with Crippen molar-refractivity contribution in [1.29, 1.82) is 0 Å². The number of nitro groups is 1. The third kappa shape index (κ3) is 2.41. The molecule has 1 N–H and O–H groups in total. The Bertz CT molecular complexity index is 588. The van der Waals surface area contributed by atoms with Crippen LogP contribution in [0.15, 0.2) is 11.6 Å². The number of hydrogen-bond donors (Lipinski definition) is 1. The van der Waals surface area contributed by atoms with Gasteiger partial charge in [-0.05, 0) is 23.7 Å². The minimum atomic E-state index is -0.396. The van der Waals surface area contributed by atoms with Crippen molar-refractivity contribution >= 4 is 27.9 Å². The zero-order chi connectivity index (χ0) is 13.2. The van der Waals surface area contributed by atoms with Crippen LogP contribution in [0.25, 0.3) is 4.96 Å². The Labute approximate surface area is 113 Å². The average molecular weight is 282 g/mol. The molecule has 0 radical (unpaired) electrons. The molecular weight excluding hydrogens is 268 g/mol. The van der Waals surface area contributed by atoms with Gasteiger partial charge in [0, 0.05) is 18.5 Å². The summed E-state index contributed by atoms with van der Waals surface area (Å²) in [6.07, 6.45) is 3.80. The summed E-state index contributed by atoms with van der Waals surface area (Å²) in [7, 11) is 0. The highest BCUT2D eigenvalue weighted by Crippen LogP contribution is 2.28. The van der Waals surface area contributed by atoms with E-state index in [9.17, 15) is 10.1 Å². The fourth-order valence-corrected chi connectivity index (χ4v) is 2.99. The molecule has 1 aliphatic heterocycles. The Hall–Kier alpha value is -1.67. The van der Waals surface area contributed by atoms with Gasteiger partial charge < -0.3 is 20.2 Å². The number of hydrogen-bond acceptors (Lipinski definition) is 6. The molecule has 0 amide bonds. The van der Waals surface area contributed by atoms with E-state index in [-0.39, 0.29) is 5.82 Å². The number of ether oxygens (including phenoxy) is 1. The first kappa shape index (κ1) is 12.4. The smallest absolute Gasteiger partial charge is 0.372 e. The summed E-state index contributed by atoms with van der Waals surface area (Å²) in [5.41, 5.74) is 0. The van der Waals surface area contributed by atoms with E-state index in [0.29, 0.717) is 29.8 Å². The Morgan fingerprint density at radius 1 is 1.68 bits per heavy atom. The predicted octanol–water partition coefficient (Wildman–Crippen LogP) is 2.14. The molecule has 1 atom stereocenters. The van der Waals surface area contributed by atoms with Crippen LogP contribution >= 0.6 is 11.3 Å². The Kier molecular flexibility index (Phi) is 3.34. The minimum Gasteiger partial charge on any atom is -0.381 e. The fraction of sp³-hybridized carbons (Fsp3) is 0.545. The topological polar surface area (TPSA) is 81.7 Å². The number of anilines is 1. The number of thiazole rings is 1. The third-order valence-corrected chi connectivity index (χ3v) is 3.98. The first-order chi connectivity index (χ1) is 9.25. The van der Waals surface area contributed by atoms with Crippen LogP contribution in [0.4, 0.5) is 11.6 Å². The van der Waals surface area contributed by atoms with E-state index >= 15 is 0 Å². The lowest BCUT2D eigenvalue weighted by Gasteiger charge is -2.21. The highest BCUT2D eigenvalue weighted by Gasteiger charge is 2.24. The maximum atomic E-state index is 11.1. The molecule has 8 heteroatoms. The molecule has 2 aromatic heterocycles. The lowest BCUT2D eigenvalue weighted by atomic mass is 10.0. The molecule has 1 unspecified atom stereocenters. The Morgan fingerprint density at radius 3 is 3.32 bits per heavy atom. The Balaban J connectivity index is 1.77. The van der Waals surface area contributed by atoms with E-state index in [4.69, 9.17) is 4.74 Å². The molecule has 102 valence electrons. The van der Waals surface area contributed by atoms with Crippen molar-refractivity contribution in [3.8, 4) is 0 Å². The van der Waals surface area contributed by atoms with Crippen molar-refractivity contribution in [2.45, 2.75) is 12.8 Å². The maximum absolute atomic E-state index is 11.1. The van der Waals surface area contributed by atoms with Gasteiger partial charge >= 0.3 is 5.82 Å². The van der Waals surface area contributed by atoms with Gasteiger partial charge in [0.05, 0.1) is 6.61 Å². The van der Waals surface area contributed by atoms with E-state index in [0.717, 1.165) is 19.4 Å². The minimum absolute atomic E-state index is 0.00739. The van der Waals surface area contributed by atoms with Gasteiger partial charge in [0.25, 0.3) is 4.96 Å². The zero-order valence-electron chi connectivity index (χ0n) is 10.2. The van der Waals surface area contributed by atoms with Crippen LogP contribution in [0.5, 0.6) is 0 Å². The molecule has 19 heavy (non-hydrogen) atoms. The van der Waals surface area contributed by atoms with Gasteiger partial charge in [-0.3, -0.25) is 0 Å². The summed E-state index contributed by atoms with van der Waals surface area (Å²) in [5, 5.41) is 16.0. The average Bonchev–Trinajstić information content (AvgIpc) is 2.96. The summed E-state index contributed by atoms with van der Waals surface area (Å²) in [4.78, 5) is 15.6. The molecule has 0 aromatic carbocycles. The predicted molar refractivity (Wildman–Crippen MR) is 71.8 cm³/mol. The van der Waals surface area contributed by atoms with Crippen LogP contribution in [0, 0.1) is 16.0 Å². The normalized spacial score (nSPS) is 19.7. The molecule has 3 rings (SSSR count). The molecule has 0 saturated carbocycles. The second-order valence-corrected chi connectivity index (χ2v) is 5.43. The van der Waals surface area contributed by atoms with Crippen molar-refractivity contribution in [3.05, 3.63) is 21.7 Å². The van der Waals surface area contributed by atoms with Gasteiger partial charge in [-0.15, -0.1) is 0 Å². The fourth-order valence-electron chi connectivity index (χ4n) is 2.28. The van der Waals surface area contributed by atoms with Crippen molar-refractivity contribution in [1.82, 2.24) is 9.38 Å². The molecule has 0 bridgehead atoms. The van der Waals surface area contributed by atoms with Gasteiger partial charge in [0.2, 0.25) is 5.82 Å². The molecular formula is C11H14N4O3S. The molecule has 7 nitrogen and oxygen atoms in total. The van der Waals surface area contributed by atoms with E-state index in [1.807, 2.05) is 0 Å². The summed E-state index contributed by atoms with van der Waals surface area (Å²) in [5.74, 6) is 0.753. The van der Waals surface area contributed by atoms with Crippen LogP contribution in [0.1, 0.15) is 12.8 Å². The van der Waals surface area contributed by atoms with Gasteiger partial charge in [0.1, 0.15) is 6.20 Å². The van der Waals surface area contributed by atoms with Gasteiger partial charge in [-0.2, -0.15) is 9.38 Å². The molecule has 0 aliphatic carbocycles. The lowest BCUT2D eigenvalue weighted by molar-refractivity contribution is -0.389. The van der Waals surface area contributed by atoms with E-state index < -0.39 is 4.92 Å². The van der Waals surface area contributed by atoms with Gasteiger partial charge in [0.15, 0.2) is 0 Å². The molecule has 1 aliphatic rings. The number of rotatable bonds is 4.